The number of rotatable bonds is 11. The molecular formula is C30H35BrClN3O4S. The van der Waals surface area contributed by atoms with E-state index in [2.05, 4.69) is 21.2 Å². The molecule has 3 aromatic rings. The van der Waals surface area contributed by atoms with E-state index in [9.17, 15) is 18.0 Å². The molecule has 0 aromatic heterocycles. The van der Waals surface area contributed by atoms with Gasteiger partial charge in [-0.3, -0.25) is 13.9 Å². The average molecular weight is 649 g/mol. The van der Waals surface area contributed by atoms with Gasteiger partial charge in [-0.25, -0.2) is 8.42 Å². The van der Waals surface area contributed by atoms with Crippen molar-refractivity contribution < 1.29 is 18.0 Å². The summed E-state index contributed by atoms with van der Waals surface area (Å²) in [5.41, 5.74) is 2.64. The van der Waals surface area contributed by atoms with Gasteiger partial charge in [0.25, 0.3) is 10.0 Å². The number of nitrogens with one attached hydrogen (secondary N) is 1. The Balaban J connectivity index is 2.04. The van der Waals surface area contributed by atoms with Crippen LogP contribution in [-0.2, 0) is 26.2 Å². The van der Waals surface area contributed by atoms with Crippen molar-refractivity contribution in [2.24, 2.45) is 5.92 Å². The van der Waals surface area contributed by atoms with Gasteiger partial charge < -0.3 is 10.2 Å². The molecule has 3 aromatic carbocycles. The average Bonchev–Trinajstić information content (AvgIpc) is 2.90. The monoisotopic (exact) mass is 647 g/mol. The van der Waals surface area contributed by atoms with Gasteiger partial charge in [0.2, 0.25) is 11.8 Å². The molecule has 0 saturated carbocycles. The summed E-state index contributed by atoms with van der Waals surface area (Å²) < 4.78 is 29.9. The molecule has 1 unspecified atom stereocenters. The SMILES string of the molecule is Cc1ccc(S(=O)(=O)N(CC(=O)N(Cc2ccc(Br)cc2)C(C)C(=O)NCC(C)C)c2ccc(Cl)cc2C)cc1. The predicted octanol–water partition coefficient (Wildman–Crippen LogP) is 6.10. The van der Waals surface area contributed by atoms with Gasteiger partial charge in [0, 0.05) is 22.6 Å². The second-order valence-electron chi connectivity index (χ2n) is 10.2. The highest BCUT2D eigenvalue weighted by molar-refractivity contribution is 9.10. The summed E-state index contributed by atoms with van der Waals surface area (Å²) in [7, 11) is -4.14. The number of carbonyl (C=O) groups is 2. The van der Waals surface area contributed by atoms with E-state index in [0.717, 1.165) is 19.9 Å². The minimum atomic E-state index is -4.14. The first-order valence-corrected chi connectivity index (χ1v) is 15.6. The molecule has 0 bridgehead atoms. The molecule has 10 heteroatoms. The number of aryl methyl sites for hydroxylation is 2. The first kappa shape index (κ1) is 31.6. The lowest BCUT2D eigenvalue weighted by molar-refractivity contribution is -0.139. The molecule has 2 amide bonds. The standard InChI is InChI=1S/C30H35BrClN3O4S/c1-20(2)17-33-30(37)23(5)34(18-24-8-10-25(31)11-9-24)29(36)19-35(28-15-12-26(32)16-22(28)4)40(38,39)27-13-6-21(3)7-14-27/h6-16,20,23H,17-19H2,1-5H3,(H,33,37). The second-order valence-corrected chi connectivity index (χ2v) is 13.4. The Bertz CT molecular complexity index is 1440. The van der Waals surface area contributed by atoms with E-state index in [-0.39, 0.29) is 23.3 Å². The van der Waals surface area contributed by atoms with Crippen molar-refractivity contribution in [1.82, 2.24) is 10.2 Å². The zero-order chi connectivity index (χ0) is 29.6. The van der Waals surface area contributed by atoms with Crippen molar-refractivity contribution in [3.63, 3.8) is 0 Å². The number of hydrogen-bond acceptors (Lipinski definition) is 4. The Kier molecular flexibility index (Phi) is 10.8. The van der Waals surface area contributed by atoms with Gasteiger partial charge in [0.05, 0.1) is 10.6 Å². The highest BCUT2D eigenvalue weighted by atomic mass is 79.9. The van der Waals surface area contributed by atoms with Gasteiger partial charge in [-0.1, -0.05) is 71.2 Å². The largest absolute Gasteiger partial charge is 0.354 e. The van der Waals surface area contributed by atoms with E-state index in [4.69, 9.17) is 11.6 Å². The van der Waals surface area contributed by atoms with E-state index in [0.29, 0.717) is 22.8 Å². The highest BCUT2D eigenvalue weighted by Crippen LogP contribution is 2.29. The van der Waals surface area contributed by atoms with Crippen molar-refractivity contribution in [3.8, 4) is 0 Å². The molecule has 0 aliphatic heterocycles. The number of sulfonamides is 1. The van der Waals surface area contributed by atoms with Crippen LogP contribution in [0.5, 0.6) is 0 Å². The highest BCUT2D eigenvalue weighted by Gasteiger charge is 2.33. The quantitative estimate of drug-likeness (QED) is 0.272. The molecule has 0 radical (unpaired) electrons. The molecule has 40 heavy (non-hydrogen) atoms. The maximum atomic E-state index is 14.0. The molecule has 0 spiro atoms. The Hall–Kier alpha value is -2.88. The van der Waals surface area contributed by atoms with Crippen LogP contribution in [0.4, 0.5) is 5.69 Å². The van der Waals surface area contributed by atoms with Gasteiger partial charge in [-0.15, -0.1) is 0 Å². The Morgan fingerprint density at radius 3 is 2.15 bits per heavy atom. The minimum Gasteiger partial charge on any atom is -0.354 e. The van der Waals surface area contributed by atoms with Gasteiger partial charge in [0.15, 0.2) is 0 Å². The van der Waals surface area contributed by atoms with Gasteiger partial charge in [0.1, 0.15) is 12.6 Å². The second kappa shape index (κ2) is 13.7. The van der Waals surface area contributed by atoms with Gasteiger partial charge in [-0.2, -0.15) is 0 Å². The molecule has 0 saturated heterocycles. The summed E-state index contributed by atoms with van der Waals surface area (Å²) in [5, 5.41) is 3.34. The lowest BCUT2D eigenvalue weighted by Crippen LogP contribution is -2.51. The molecule has 7 nitrogen and oxygen atoms in total. The fourth-order valence-corrected chi connectivity index (χ4v) is 6.04. The van der Waals surface area contributed by atoms with E-state index in [1.165, 1.54) is 17.0 Å². The van der Waals surface area contributed by atoms with Crippen molar-refractivity contribution in [2.75, 3.05) is 17.4 Å². The normalized spacial score (nSPS) is 12.2. The van der Waals surface area contributed by atoms with Crippen LogP contribution in [-0.4, -0.2) is 44.3 Å². The van der Waals surface area contributed by atoms with Crippen LogP contribution in [0.3, 0.4) is 0 Å². The zero-order valence-corrected chi connectivity index (χ0v) is 26.5. The van der Waals surface area contributed by atoms with Crippen molar-refractivity contribution in [2.45, 2.75) is 52.1 Å². The fourth-order valence-electron chi connectivity index (χ4n) is 4.07. The molecule has 0 fully saturated rings. The summed E-state index contributed by atoms with van der Waals surface area (Å²) in [4.78, 5) is 28.5. The number of amides is 2. The summed E-state index contributed by atoms with van der Waals surface area (Å²) in [6.07, 6.45) is 0. The third kappa shape index (κ3) is 8.08. The van der Waals surface area contributed by atoms with Crippen LogP contribution in [0, 0.1) is 19.8 Å². The van der Waals surface area contributed by atoms with Crippen LogP contribution < -0.4 is 9.62 Å². The van der Waals surface area contributed by atoms with E-state index in [1.807, 2.05) is 45.0 Å². The molecule has 0 aliphatic carbocycles. The number of nitrogens with zero attached hydrogens (tertiary/aromatic N) is 2. The molecule has 0 aliphatic rings. The number of benzene rings is 3. The number of anilines is 1. The Labute approximate surface area is 250 Å². The third-order valence-electron chi connectivity index (χ3n) is 6.43. The maximum absolute atomic E-state index is 14.0. The molecule has 3 rings (SSSR count). The summed E-state index contributed by atoms with van der Waals surface area (Å²) in [6.45, 7) is 9.31. The van der Waals surface area contributed by atoms with Crippen molar-refractivity contribution in [3.05, 3.63) is 92.9 Å². The molecule has 214 valence electrons. The van der Waals surface area contributed by atoms with Crippen LogP contribution in [0.15, 0.2) is 76.1 Å². The van der Waals surface area contributed by atoms with E-state index in [1.54, 1.807) is 44.2 Å². The number of hydrogen-bond donors (Lipinski definition) is 1. The third-order valence-corrected chi connectivity index (χ3v) is 8.97. The predicted molar refractivity (Wildman–Crippen MR) is 164 cm³/mol. The number of halogens is 2. The van der Waals surface area contributed by atoms with E-state index < -0.39 is 28.5 Å². The van der Waals surface area contributed by atoms with Crippen LogP contribution >= 0.6 is 27.5 Å². The maximum Gasteiger partial charge on any atom is 0.264 e. The van der Waals surface area contributed by atoms with E-state index >= 15 is 0 Å². The Morgan fingerprint density at radius 2 is 1.57 bits per heavy atom. The minimum absolute atomic E-state index is 0.0578. The topological polar surface area (TPSA) is 86.8 Å². The van der Waals surface area contributed by atoms with Crippen LogP contribution in [0.2, 0.25) is 5.02 Å². The van der Waals surface area contributed by atoms with Crippen molar-refractivity contribution >= 4 is 55.1 Å². The first-order valence-electron chi connectivity index (χ1n) is 13.0. The van der Waals surface area contributed by atoms with Gasteiger partial charge in [-0.05, 0) is 80.3 Å². The zero-order valence-electron chi connectivity index (χ0n) is 23.3. The smallest absolute Gasteiger partial charge is 0.264 e. The van der Waals surface area contributed by atoms with Gasteiger partial charge >= 0.3 is 0 Å². The summed E-state index contributed by atoms with van der Waals surface area (Å²) in [5.74, 6) is -0.593. The first-order chi connectivity index (χ1) is 18.8. The fraction of sp³-hybridized carbons (Fsp3) is 0.333. The lowest BCUT2D eigenvalue weighted by atomic mass is 10.1. The molecule has 1 atom stereocenters. The molecular weight excluding hydrogens is 614 g/mol. The Morgan fingerprint density at radius 1 is 0.950 bits per heavy atom. The summed E-state index contributed by atoms with van der Waals surface area (Å²) in [6, 6.07) is 17.9. The van der Waals surface area contributed by atoms with Crippen LogP contribution in [0.1, 0.15) is 37.5 Å². The van der Waals surface area contributed by atoms with Crippen molar-refractivity contribution in [1.29, 1.82) is 0 Å². The number of carbonyl (C=O) groups excluding carboxylic acids is 2. The lowest BCUT2D eigenvalue weighted by Gasteiger charge is -2.32. The van der Waals surface area contributed by atoms with Crippen LogP contribution in [0.25, 0.3) is 0 Å². The summed E-state index contributed by atoms with van der Waals surface area (Å²) >= 11 is 9.58. The molecule has 1 N–H and O–H groups in total. The molecule has 0 heterocycles.